The Morgan fingerprint density at radius 1 is 1.28 bits per heavy atom. The highest BCUT2D eigenvalue weighted by atomic mass is 32.2. The summed E-state index contributed by atoms with van der Waals surface area (Å²) in [6, 6.07) is 5.63. The number of benzene rings is 1. The molecule has 2 unspecified atom stereocenters. The molecule has 0 aliphatic rings. The van der Waals surface area contributed by atoms with Gasteiger partial charge >= 0.3 is 0 Å². The van der Waals surface area contributed by atoms with E-state index in [2.05, 4.69) is 27.7 Å². The molecule has 18 heavy (non-hydrogen) atoms. The molecule has 0 spiro atoms. The van der Waals surface area contributed by atoms with E-state index >= 15 is 0 Å². The molecule has 0 radical (unpaired) electrons. The molecule has 0 heterocycles. The molecule has 1 aromatic carbocycles. The van der Waals surface area contributed by atoms with Crippen molar-refractivity contribution in [2.75, 3.05) is 0 Å². The van der Waals surface area contributed by atoms with Crippen LogP contribution in [-0.2, 0) is 6.42 Å². The fraction of sp³-hybridized carbons (Fsp3) is 0.600. The zero-order valence-electron chi connectivity index (χ0n) is 11.7. The lowest BCUT2D eigenvalue weighted by atomic mass is 10.0. The molecular formula is C15H24FNS. The Morgan fingerprint density at radius 3 is 2.44 bits per heavy atom. The highest BCUT2D eigenvalue weighted by Gasteiger charge is 2.12. The van der Waals surface area contributed by atoms with Crippen molar-refractivity contribution in [2.24, 2.45) is 11.7 Å². The Bertz CT molecular complexity index is 379. The lowest BCUT2D eigenvalue weighted by Crippen LogP contribution is -2.21. The van der Waals surface area contributed by atoms with Crippen LogP contribution in [0.25, 0.3) is 0 Å². The van der Waals surface area contributed by atoms with Gasteiger partial charge in [-0.05, 0) is 36.5 Å². The van der Waals surface area contributed by atoms with E-state index in [4.69, 9.17) is 5.73 Å². The predicted octanol–water partition coefficient (Wildman–Crippen LogP) is 4.24. The van der Waals surface area contributed by atoms with E-state index in [0.29, 0.717) is 11.2 Å². The smallest absolute Gasteiger partial charge is 0.137 e. The molecule has 0 bridgehead atoms. The Kier molecular flexibility index (Phi) is 6.16. The van der Waals surface area contributed by atoms with Crippen LogP contribution in [0.5, 0.6) is 0 Å². The molecule has 0 saturated heterocycles. The monoisotopic (exact) mass is 269 g/mol. The Hall–Kier alpha value is -0.540. The van der Waals surface area contributed by atoms with Crippen LogP contribution < -0.4 is 5.73 Å². The van der Waals surface area contributed by atoms with Gasteiger partial charge in [0, 0.05) is 16.2 Å². The first kappa shape index (κ1) is 15.5. The Labute approximate surface area is 114 Å². The molecule has 0 amide bonds. The zero-order chi connectivity index (χ0) is 13.7. The first-order valence-electron chi connectivity index (χ1n) is 6.64. The third-order valence-corrected chi connectivity index (χ3v) is 4.77. The summed E-state index contributed by atoms with van der Waals surface area (Å²) in [5.41, 5.74) is 6.88. The van der Waals surface area contributed by atoms with E-state index in [1.165, 1.54) is 0 Å². The first-order chi connectivity index (χ1) is 8.43. The van der Waals surface area contributed by atoms with Crippen molar-refractivity contribution < 1.29 is 4.39 Å². The average Bonchev–Trinajstić information content (AvgIpc) is 2.32. The number of halogens is 1. The van der Waals surface area contributed by atoms with Crippen molar-refractivity contribution in [2.45, 2.75) is 56.7 Å². The number of rotatable bonds is 6. The zero-order valence-corrected chi connectivity index (χ0v) is 12.6. The van der Waals surface area contributed by atoms with Crippen molar-refractivity contribution in [1.82, 2.24) is 0 Å². The maximum absolute atomic E-state index is 14.0. The number of hydrogen-bond donors (Lipinski definition) is 1. The van der Waals surface area contributed by atoms with Crippen molar-refractivity contribution in [1.29, 1.82) is 0 Å². The van der Waals surface area contributed by atoms with Gasteiger partial charge in [-0.1, -0.05) is 33.8 Å². The fourth-order valence-corrected chi connectivity index (χ4v) is 2.54. The van der Waals surface area contributed by atoms with Crippen LogP contribution in [0.3, 0.4) is 0 Å². The molecule has 2 N–H and O–H groups in total. The van der Waals surface area contributed by atoms with E-state index in [1.807, 2.05) is 12.1 Å². The average molecular weight is 269 g/mol. The van der Waals surface area contributed by atoms with E-state index in [-0.39, 0.29) is 11.9 Å². The third kappa shape index (κ3) is 4.62. The van der Waals surface area contributed by atoms with Gasteiger partial charge in [0.2, 0.25) is 0 Å². The third-order valence-electron chi connectivity index (χ3n) is 3.27. The van der Waals surface area contributed by atoms with E-state index in [0.717, 1.165) is 23.3 Å². The van der Waals surface area contributed by atoms with E-state index in [1.54, 1.807) is 17.8 Å². The maximum atomic E-state index is 14.0. The lowest BCUT2D eigenvalue weighted by Gasteiger charge is -2.16. The topological polar surface area (TPSA) is 26.0 Å². The molecule has 0 aliphatic carbocycles. The Balaban J connectivity index is 2.73. The molecular weight excluding hydrogens is 245 g/mol. The van der Waals surface area contributed by atoms with Crippen LogP contribution in [0.4, 0.5) is 4.39 Å². The predicted molar refractivity (Wildman–Crippen MR) is 78.5 cm³/mol. The van der Waals surface area contributed by atoms with Crippen molar-refractivity contribution in [3.8, 4) is 0 Å². The summed E-state index contributed by atoms with van der Waals surface area (Å²) in [6.07, 6.45) is 1.67. The Morgan fingerprint density at radius 2 is 1.94 bits per heavy atom. The highest BCUT2D eigenvalue weighted by Crippen LogP contribution is 2.30. The van der Waals surface area contributed by atoms with Gasteiger partial charge in [-0.25, -0.2) is 4.39 Å². The van der Waals surface area contributed by atoms with Crippen molar-refractivity contribution >= 4 is 11.8 Å². The quantitative estimate of drug-likeness (QED) is 0.782. The highest BCUT2D eigenvalue weighted by molar-refractivity contribution is 8.00. The summed E-state index contributed by atoms with van der Waals surface area (Å²) in [5.74, 6) is 0.427. The second-order valence-corrected chi connectivity index (χ2v) is 6.62. The van der Waals surface area contributed by atoms with Gasteiger partial charge in [-0.2, -0.15) is 0 Å². The van der Waals surface area contributed by atoms with Gasteiger partial charge in [-0.3, -0.25) is 0 Å². The maximum Gasteiger partial charge on any atom is 0.137 e. The van der Waals surface area contributed by atoms with Crippen LogP contribution in [0.1, 0.15) is 39.7 Å². The van der Waals surface area contributed by atoms with E-state index < -0.39 is 0 Å². The minimum absolute atomic E-state index is 0.117. The standard InChI is InChI=1S/C15H24FNS/c1-5-13(17)8-12-6-7-15(14(16)9-12)18-11(4)10(2)3/h6-7,9-11,13H,5,8,17H2,1-4H3. The molecule has 1 rings (SSSR count). The number of nitrogens with two attached hydrogens (primary N) is 1. The summed E-state index contributed by atoms with van der Waals surface area (Å²) in [5, 5.41) is 0.420. The van der Waals surface area contributed by atoms with Gasteiger partial charge in [0.25, 0.3) is 0 Å². The normalized spacial score (nSPS) is 14.8. The molecule has 1 aromatic rings. The van der Waals surface area contributed by atoms with Crippen LogP contribution in [0.15, 0.2) is 23.1 Å². The summed E-state index contributed by atoms with van der Waals surface area (Å²) in [6.45, 7) is 8.50. The van der Waals surface area contributed by atoms with Crippen LogP contribution in [0.2, 0.25) is 0 Å². The summed E-state index contributed by atoms with van der Waals surface area (Å²) in [7, 11) is 0. The second kappa shape index (κ2) is 7.15. The minimum atomic E-state index is -0.117. The molecule has 0 saturated carbocycles. The van der Waals surface area contributed by atoms with Gasteiger partial charge in [0.15, 0.2) is 0 Å². The van der Waals surface area contributed by atoms with Gasteiger partial charge in [-0.15, -0.1) is 11.8 Å². The number of thioether (sulfide) groups is 1. The molecule has 0 fully saturated rings. The molecule has 3 heteroatoms. The summed E-state index contributed by atoms with van der Waals surface area (Å²) in [4.78, 5) is 0.741. The summed E-state index contributed by atoms with van der Waals surface area (Å²) < 4.78 is 14.0. The minimum Gasteiger partial charge on any atom is -0.327 e. The first-order valence-corrected chi connectivity index (χ1v) is 7.52. The van der Waals surface area contributed by atoms with Crippen LogP contribution in [-0.4, -0.2) is 11.3 Å². The molecule has 0 aromatic heterocycles. The fourth-order valence-electron chi connectivity index (χ4n) is 1.55. The van der Waals surface area contributed by atoms with Gasteiger partial charge in [0.1, 0.15) is 5.82 Å². The van der Waals surface area contributed by atoms with Crippen molar-refractivity contribution in [3.05, 3.63) is 29.6 Å². The molecule has 1 nitrogen and oxygen atoms in total. The SMILES string of the molecule is CCC(N)Cc1ccc(SC(C)C(C)C)c(F)c1. The van der Waals surface area contributed by atoms with Gasteiger partial charge < -0.3 is 5.73 Å². The van der Waals surface area contributed by atoms with Crippen molar-refractivity contribution in [3.63, 3.8) is 0 Å². The molecule has 0 aliphatic heterocycles. The summed E-state index contributed by atoms with van der Waals surface area (Å²) >= 11 is 1.61. The van der Waals surface area contributed by atoms with Gasteiger partial charge in [0.05, 0.1) is 0 Å². The molecule has 2 atom stereocenters. The van der Waals surface area contributed by atoms with Crippen LogP contribution >= 0.6 is 11.8 Å². The largest absolute Gasteiger partial charge is 0.327 e. The molecule has 102 valence electrons. The van der Waals surface area contributed by atoms with E-state index in [9.17, 15) is 4.39 Å². The lowest BCUT2D eigenvalue weighted by molar-refractivity contribution is 0.589. The van der Waals surface area contributed by atoms with Crippen LogP contribution in [0, 0.1) is 11.7 Å². The second-order valence-electron chi connectivity index (χ2n) is 5.20. The number of hydrogen-bond acceptors (Lipinski definition) is 2.